The summed E-state index contributed by atoms with van der Waals surface area (Å²) in [6.07, 6.45) is 2.54. The van der Waals surface area contributed by atoms with Gasteiger partial charge in [0.1, 0.15) is 6.54 Å². The summed E-state index contributed by atoms with van der Waals surface area (Å²) in [7, 11) is 0. The third kappa shape index (κ3) is 4.86. The zero-order chi connectivity index (χ0) is 14.3. The molecule has 1 atom stereocenters. The maximum absolute atomic E-state index is 11.7. The van der Waals surface area contributed by atoms with E-state index >= 15 is 0 Å². The summed E-state index contributed by atoms with van der Waals surface area (Å²) in [4.78, 5) is 35.1. The normalized spacial score (nSPS) is 16.4. The second-order valence-electron chi connectivity index (χ2n) is 4.61. The van der Waals surface area contributed by atoms with Crippen LogP contribution in [0.5, 0.6) is 0 Å². The summed E-state index contributed by atoms with van der Waals surface area (Å²) in [5.41, 5.74) is 0. The third-order valence-electron chi connectivity index (χ3n) is 3.06. The summed E-state index contributed by atoms with van der Waals surface area (Å²) in [5, 5.41) is 14.0. The molecule has 0 aromatic carbocycles. The van der Waals surface area contributed by atoms with E-state index in [0.717, 1.165) is 17.7 Å². The Morgan fingerprint density at radius 2 is 2.21 bits per heavy atom. The molecule has 108 valence electrons. The van der Waals surface area contributed by atoms with E-state index in [9.17, 15) is 14.4 Å². The van der Waals surface area contributed by atoms with Crippen molar-refractivity contribution in [2.45, 2.75) is 26.2 Å². The molecule has 7 heteroatoms. The lowest BCUT2D eigenvalue weighted by atomic mass is 10.0. The number of aliphatic hydroxyl groups excluding tert-OH is 1. The van der Waals surface area contributed by atoms with Crippen LogP contribution in [0, 0.1) is 5.92 Å². The molecule has 1 aliphatic heterocycles. The molecule has 0 bridgehead atoms. The molecule has 4 amide bonds. The molecule has 0 spiro atoms. The fraction of sp³-hybridized carbons (Fsp3) is 0.750. The van der Waals surface area contributed by atoms with Gasteiger partial charge in [-0.3, -0.25) is 14.5 Å². The fourth-order valence-electron chi connectivity index (χ4n) is 2.01. The molecule has 1 heterocycles. The molecule has 7 nitrogen and oxygen atoms in total. The van der Waals surface area contributed by atoms with Gasteiger partial charge in [0.05, 0.1) is 6.54 Å². The van der Waals surface area contributed by atoms with E-state index in [1.54, 1.807) is 0 Å². The number of aliphatic hydroxyl groups is 1. The van der Waals surface area contributed by atoms with E-state index < -0.39 is 6.03 Å². The molecule has 0 aromatic heterocycles. The van der Waals surface area contributed by atoms with Crippen LogP contribution in [-0.4, -0.2) is 54.1 Å². The average Bonchev–Trinajstić information content (AvgIpc) is 2.68. The van der Waals surface area contributed by atoms with Gasteiger partial charge in [-0.05, 0) is 18.8 Å². The molecular weight excluding hydrogens is 250 g/mol. The number of nitrogens with one attached hydrogen (secondary N) is 2. The number of carbonyl (C=O) groups is 3. The number of urea groups is 1. The smallest absolute Gasteiger partial charge is 0.325 e. The van der Waals surface area contributed by atoms with Gasteiger partial charge in [-0.25, -0.2) is 4.79 Å². The minimum atomic E-state index is -0.527. The van der Waals surface area contributed by atoms with Gasteiger partial charge in [0.25, 0.3) is 5.91 Å². The first kappa shape index (κ1) is 15.4. The van der Waals surface area contributed by atoms with Crippen LogP contribution in [0.1, 0.15) is 26.2 Å². The molecule has 19 heavy (non-hydrogen) atoms. The van der Waals surface area contributed by atoms with Crippen molar-refractivity contribution in [1.29, 1.82) is 0 Å². The monoisotopic (exact) mass is 271 g/mol. The maximum atomic E-state index is 11.7. The van der Waals surface area contributed by atoms with E-state index in [4.69, 9.17) is 5.11 Å². The number of amides is 4. The Bertz CT molecular complexity index is 324. The van der Waals surface area contributed by atoms with Crippen LogP contribution in [0.2, 0.25) is 0 Å². The van der Waals surface area contributed by atoms with E-state index in [-0.39, 0.29) is 37.4 Å². The Balaban J connectivity index is 2.34. The van der Waals surface area contributed by atoms with E-state index in [0.29, 0.717) is 13.0 Å². The van der Waals surface area contributed by atoms with Crippen molar-refractivity contribution in [3.63, 3.8) is 0 Å². The van der Waals surface area contributed by atoms with Gasteiger partial charge >= 0.3 is 6.03 Å². The molecule has 1 saturated heterocycles. The highest BCUT2D eigenvalue weighted by Crippen LogP contribution is 2.09. The zero-order valence-electron chi connectivity index (χ0n) is 11.1. The summed E-state index contributed by atoms with van der Waals surface area (Å²) >= 11 is 0. The molecule has 0 aliphatic carbocycles. The fourth-order valence-corrected chi connectivity index (χ4v) is 2.01. The predicted octanol–water partition coefficient (Wildman–Crippen LogP) is -0.547. The number of nitrogens with zero attached hydrogens (tertiary/aromatic N) is 1. The summed E-state index contributed by atoms with van der Waals surface area (Å²) in [6, 6.07) is -0.527. The van der Waals surface area contributed by atoms with Crippen molar-refractivity contribution in [2.75, 3.05) is 26.2 Å². The molecule has 1 unspecified atom stereocenters. The Morgan fingerprint density at radius 3 is 2.74 bits per heavy atom. The van der Waals surface area contributed by atoms with E-state index in [2.05, 4.69) is 10.6 Å². The van der Waals surface area contributed by atoms with Gasteiger partial charge in [0, 0.05) is 13.2 Å². The summed E-state index contributed by atoms with van der Waals surface area (Å²) in [6.45, 7) is 2.29. The van der Waals surface area contributed by atoms with Gasteiger partial charge < -0.3 is 15.7 Å². The molecule has 1 fully saturated rings. The van der Waals surface area contributed by atoms with Gasteiger partial charge in [0.2, 0.25) is 5.91 Å². The third-order valence-corrected chi connectivity index (χ3v) is 3.06. The van der Waals surface area contributed by atoms with Crippen LogP contribution in [0.15, 0.2) is 0 Å². The van der Waals surface area contributed by atoms with Crippen LogP contribution >= 0.6 is 0 Å². The molecular formula is C12H21N3O4. The van der Waals surface area contributed by atoms with Gasteiger partial charge in [-0.15, -0.1) is 0 Å². The maximum Gasteiger partial charge on any atom is 0.325 e. The SMILES string of the molecule is CCCC(CCO)CNC(=O)CN1C(=O)CNC1=O. The van der Waals surface area contributed by atoms with Crippen LogP contribution in [0.4, 0.5) is 4.79 Å². The predicted molar refractivity (Wildman–Crippen MR) is 68.2 cm³/mol. The van der Waals surface area contributed by atoms with E-state index in [1.165, 1.54) is 0 Å². The first-order valence-electron chi connectivity index (χ1n) is 6.54. The highest BCUT2D eigenvalue weighted by atomic mass is 16.3. The van der Waals surface area contributed by atoms with Crippen LogP contribution in [-0.2, 0) is 9.59 Å². The number of hydrogen-bond donors (Lipinski definition) is 3. The minimum Gasteiger partial charge on any atom is -0.396 e. The lowest BCUT2D eigenvalue weighted by Gasteiger charge is -2.17. The Hall–Kier alpha value is -1.63. The van der Waals surface area contributed by atoms with Crippen molar-refractivity contribution >= 4 is 17.8 Å². The number of imide groups is 1. The topological polar surface area (TPSA) is 98.7 Å². The molecule has 3 N–H and O–H groups in total. The lowest BCUT2D eigenvalue weighted by molar-refractivity contribution is -0.130. The lowest BCUT2D eigenvalue weighted by Crippen LogP contribution is -2.42. The van der Waals surface area contributed by atoms with Crippen LogP contribution < -0.4 is 10.6 Å². The van der Waals surface area contributed by atoms with Gasteiger partial charge in [0.15, 0.2) is 0 Å². The summed E-state index contributed by atoms with van der Waals surface area (Å²) in [5.74, 6) is -0.521. The first-order chi connectivity index (χ1) is 9.08. The van der Waals surface area contributed by atoms with Crippen molar-refractivity contribution < 1.29 is 19.5 Å². The van der Waals surface area contributed by atoms with Crippen molar-refractivity contribution in [3.05, 3.63) is 0 Å². The van der Waals surface area contributed by atoms with Gasteiger partial charge in [-0.1, -0.05) is 13.3 Å². The van der Waals surface area contributed by atoms with E-state index in [1.807, 2.05) is 6.92 Å². The highest BCUT2D eigenvalue weighted by Gasteiger charge is 2.30. The summed E-state index contributed by atoms with van der Waals surface area (Å²) < 4.78 is 0. The number of rotatable bonds is 8. The second-order valence-corrected chi connectivity index (χ2v) is 4.61. The minimum absolute atomic E-state index is 0.0465. The average molecular weight is 271 g/mol. The molecule has 1 rings (SSSR count). The van der Waals surface area contributed by atoms with Crippen LogP contribution in [0.3, 0.4) is 0 Å². The second kappa shape index (κ2) is 7.73. The zero-order valence-corrected chi connectivity index (χ0v) is 11.1. The van der Waals surface area contributed by atoms with Gasteiger partial charge in [-0.2, -0.15) is 0 Å². The molecule has 1 aliphatic rings. The number of carbonyl (C=O) groups excluding carboxylic acids is 3. The largest absolute Gasteiger partial charge is 0.396 e. The van der Waals surface area contributed by atoms with Crippen molar-refractivity contribution in [2.24, 2.45) is 5.92 Å². The Morgan fingerprint density at radius 1 is 1.47 bits per heavy atom. The van der Waals surface area contributed by atoms with Crippen molar-refractivity contribution in [1.82, 2.24) is 15.5 Å². The Labute approximate surface area is 112 Å². The van der Waals surface area contributed by atoms with Crippen LogP contribution in [0.25, 0.3) is 0 Å². The molecule has 0 saturated carbocycles. The standard InChI is InChI=1S/C12H21N3O4/c1-2-3-9(4-5-16)6-13-10(17)8-15-11(18)7-14-12(15)19/h9,16H,2-8H2,1H3,(H,13,17)(H,14,19). The quantitative estimate of drug-likeness (QED) is 0.516. The number of hydrogen-bond acceptors (Lipinski definition) is 4. The van der Waals surface area contributed by atoms with Crippen molar-refractivity contribution in [3.8, 4) is 0 Å². The first-order valence-corrected chi connectivity index (χ1v) is 6.54. The highest BCUT2D eigenvalue weighted by molar-refractivity contribution is 6.04. The Kier molecular flexibility index (Phi) is 6.27. The molecule has 0 aromatic rings. The molecule has 0 radical (unpaired) electrons.